The standard InChI is InChI=1S/C21H25N3O2S2/c1-6-14(4)22-17(25)11-28-21-23-19-18(20(26)24(21)5)16(10-27-19)15-8-7-12(2)13(3)9-15/h7-10,14H,6,11H2,1-5H3,(H,22,25)/t14-/m1/s1. The lowest BCUT2D eigenvalue weighted by molar-refractivity contribution is -0.119. The summed E-state index contributed by atoms with van der Waals surface area (Å²) in [6.45, 7) is 8.15. The molecule has 7 heteroatoms. The molecule has 0 radical (unpaired) electrons. The number of carbonyl (C=O) groups is 1. The number of amides is 1. The van der Waals surface area contributed by atoms with Crippen molar-refractivity contribution in [2.45, 2.75) is 45.3 Å². The number of aryl methyl sites for hydroxylation is 2. The maximum atomic E-state index is 13.0. The average Bonchev–Trinajstić information content (AvgIpc) is 3.09. The lowest BCUT2D eigenvalue weighted by Gasteiger charge is -2.12. The van der Waals surface area contributed by atoms with Gasteiger partial charge >= 0.3 is 0 Å². The molecule has 2 heterocycles. The molecule has 0 aliphatic heterocycles. The average molecular weight is 416 g/mol. The molecular formula is C21H25N3O2S2. The number of benzene rings is 1. The highest BCUT2D eigenvalue weighted by molar-refractivity contribution is 7.99. The van der Waals surface area contributed by atoms with Crippen molar-refractivity contribution in [2.75, 3.05) is 5.75 Å². The van der Waals surface area contributed by atoms with Gasteiger partial charge in [-0.2, -0.15) is 0 Å². The van der Waals surface area contributed by atoms with Gasteiger partial charge in [-0.1, -0.05) is 36.9 Å². The van der Waals surface area contributed by atoms with Gasteiger partial charge in [0.2, 0.25) is 5.91 Å². The molecule has 0 aliphatic carbocycles. The van der Waals surface area contributed by atoms with Crippen LogP contribution in [0.2, 0.25) is 0 Å². The third-order valence-corrected chi connectivity index (χ3v) is 6.85. The molecule has 3 rings (SSSR count). The number of nitrogens with one attached hydrogen (secondary N) is 1. The molecule has 0 bridgehead atoms. The third-order valence-electron chi connectivity index (χ3n) is 4.94. The van der Waals surface area contributed by atoms with E-state index in [-0.39, 0.29) is 23.3 Å². The Balaban J connectivity index is 1.93. The van der Waals surface area contributed by atoms with Crippen molar-refractivity contribution in [3.63, 3.8) is 0 Å². The number of aromatic nitrogens is 2. The molecule has 28 heavy (non-hydrogen) atoms. The van der Waals surface area contributed by atoms with Crippen molar-refractivity contribution in [3.05, 3.63) is 45.1 Å². The number of hydrogen-bond donors (Lipinski definition) is 1. The van der Waals surface area contributed by atoms with Gasteiger partial charge in [0.25, 0.3) is 5.56 Å². The molecule has 0 aliphatic rings. The monoisotopic (exact) mass is 415 g/mol. The fraction of sp³-hybridized carbons (Fsp3) is 0.381. The van der Waals surface area contributed by atoms with Crippen LogP contribution in [0.25, 0.3) is 21.3 Å². The molecule has 1 atom stereocenters. The van der Waals surface area contributed by atoms with Crippen LogP contribution in [0.1, 0.15) is 31.4 Å². The lowest BCUT2D eigenvalue weighted by atomic mass is 10.0. The Morgan fingerprint density at radius 1 is 1.32 bits per heavy atom. The summed E-state index contributed by atoms with van der Waals surface area (Å²) in [5.41, 5.74) is 4.29. The van der Waals surface area contributed by atoms with Gasteiger partial charge in [0, 0.05) is 24.0 Å². The Bertz CT molecular complexity index is 1090. The van der Waals surface area contributed by atoms with Gasteiger partial charge in [0.1, 0.15) is 4.83 Å². The highest BCUT2D eigenvalue weighted by atomic mass is 32.2. The van der Waals surface area contributed by atoms with Crippen LogP contribution >= 0.6 is 23.1 Å². The third kappa shape index (κ3) is 4.15. The number of thioether (sulfide) groups is 1. The smallest absolute Gasteiger partial charge is 0.263 e. The summed E-state index contributed by atoms with van der Waals surface area (Å²) >= 11 is 2.76. The maximum Gasteiger partial charge on any atom is 0.263 e. The van der Waals surface area contributed by atoms with Gasteiger partial charge in [-0.05, 0) is 43.9 Å². The first-order chi connectivity index (χ1) is 13.3. The van der Waals surface area contributed by atoms with E-state index in [1.165, 1.54) is 34.2 Å². The van der Waals surface area contributed by atoms with Crippen molar-refractivity contribution in [3.8, 4) is 11.1 Å². The molecule has 0 spiro atoms. The fourth-order valence-electron chi connectivity index (χ4n) is 2.85. The van der Waals surface area contributed by atoms with Crippen LogP contribution < -0.4 is 10.9 Å². The van der Waals surface area contributed by atoms with Gasteiger partial charge in [-0.25, -0.2) is 4.98 Å². The first-order valence-corrected chi connectivity index (χ1v) is 11.2. The van der Waals surface area contributed by atoms with Crippen LogP contribution in [0.4, 0.5) is 0 Å². The highest BCUT2D eigenvalue weighted by Gasteiger charge is 2.17. The van der Waals surface area contributed by atoms with Crippen molar-refractivity contribution >= 4 is 39.2 Å². The molecule has 1 aromatic carbocycles. The van der Waals surface area contributed by atoms with E-state index in [2.05, 4.69) is 36.3 Å². The second-order valence-corrected chi connectivity index (χ2v) is 8.85. The van der Waals surface area contributed by atoms with Gasteiger partial charge in [0.05, 0.1) is 11.1 Å². The van der Waals surface area contributed by atoms with Gasteiger partial charge in [0.15, 0.2) is 5.16 Å². The largest absolute Gasteiger partial charge is 0.353 e. The molecule has 148 valence electrons. The summed E-state index contributed by atoms with van der Waals surface area (Å²) in [6.07, 6.45) is 0.884. The molecule has 0 unspecified atom stereocenters. The van der Waals surface area contributed by atoms with Crippen molar-refractivity contribution in [1.82, 2.24) is 14.9 Å². The van der Waals surface area contributed by atoms with E-state index in [0.717, 1.165) is 17.5 Å². The quantitative estimate of drug-likeness (QED) is 0.482. The van der Waals surface area contributed by atoms with Crippen molar-refractivity contribution in [1.29, 1.82) is 0 Å². The Morgan fingerprint density at radius 3 is 2.75 bits per heavy atom. The number of hydrogen-bond acceptors (Lipinski definition) is 5. The van der Waals surface area contributed by atoms with E-state index < -0.39 is 0 Å². The Labute approximate surface area is 173 Å². The summed E-state index contributed by atoms with van der Waals surface area (Å²) in [6, 6.07) is 6.38. The molecule has 0 fully saturated rings. The Hall–Kier alpha value is -2.12. The zero-order valence-corrected chi connectivity index (χ0v) is 18.5. The molecule has 2 aromatic heterocycles. The van der Waals surface area contributed by atoms with E-state index in [4.69, 9.17) is 0 Å². The van der Waals surface area contributed by atoms with Crippen molar-refractivity contribution in [2.24, 2.45) is 7.05 Å². The minimum atomic E-state index is -0.0793. The van der Waals surface area contributed by atoms with E-state index in [0.29, 0.717) is 15.4 Å². The van der Waals surface area contributed by atoms with Crippen LogP contribution in [0.3, 0.4) is 0 Å². The number of nitrogens with zero attached hydrogens (tertiary/aromatic N) is 2. The molecule has 3 aromatic rings. The van der Waals surface area contributed by atoms with Gasteiger partial charge in [-0.15, -0.1) is 11.3 Å². The second kappa shape index (κ2) is 8.49. The zero-order valence-electron chi connectivity index (χ0n) is 16.8. The summed E-state index contributed by atoms with van der Waals surface area (Å²) < 4.78 is 1.54. The highest BCUT2D eigenvalue weighted by Crippen LogP contribution is 2.32. The Kier molecular flexibility index (Phi) is 6.25. The fourth-order valence-corrected chi connectivity index (χ4v) is 4.62. The number of carbonyl (C=O) groups excluding carboxylic acids is 1. The summed E-state index contributed by atoms with van der Waals surface area (Å²) in [5.74, 6) is 0.196. The first kappa shape index (κ1) is 20.6. The van der Waals surface area contributed by atoms with Crippen molar-refractivity contribution < 1.29 is 4.79 Å². The van der Waals surface area contributed by atoms with Crippen LogP contribution in [-0.2, 0) is 11.8 Å². The molecule has 0 saturated carbocycles. The zero-order chi connectivity index (χ0) is 20.4. The molecule has 0 saturated heterocycles. The van der Waals surface area contributed by atoms with Gasteiger partial charge < -0.3 is 5.32 Å². The SMILES string of the molecule is CC[C@@H](C)NC(=O)CSc1nc2scc(-c3ccc(C)c(C)c3)c2c(=O)n1C. The number of rotatable bonds is 6. The molecule has 1 amide bonds. The van der Waals surface area contributed by atoms with Crippen LogP contribution in [0, 0.1) is 13.8 Å². The Morgan fingerprint density at radius 2 is 2.07 bits per heavy atom. The topological polar surface area (TPSA) is 64.0 Å². The van der Waals surface area contributed by atoms with E-state index in [1.807, 2.05) is 25.3 Å². The molecule has 1 N–H and O–H groups in total. The van der Waals surface area contributed by atoms with Crippen LogP contribution in [-0.4, -0.2) is 27.3 Å². The van der Waals surface area contributed by atoms with Gasteiger partial charge in [-0.3, -0.25) is 14.2 Å². The summed E-state index contributed by atoms with van der Waals surface area (Å²) in [4.78, 5) is 30.5. The second-order valence-electron chi connectivity index (χ2n) is 7.05. The molecule has 5 nitrogen and oxygen atoms in total. The normalized spacial score (nSPS) is 12.3. The summed E-state index contributed by atoms with van der Waals surface area (Å²) in [7, 11) is 1.71. The van der Waals surface area contributed by atoms with Crippen LogP contribution in [0.15, 0.2) is 33.5 Å². The lowest BCUT2D eigenvalue weighted by Crippen LogP contribution is -2.33. The first-order valence-electron chi connectivity index (χ1n) is 9.29. The number of fused-ring (bicyclic) bond motifs is 1. The predicted octanol–water partition coefficient (Wildman–Crippen LogP) is 4.29. The minimum absolute atomic E-state index is 0.0457. The minimum Gasteiger partial charge on any atom is -0.353 e. The predicted molar refractivity (Wildman–Crippen MR) is 118 cm³/mol. The van der Waals surface area contributed by atoms with E-state index in [9.17, 15) is 9.59 Å². The summed E-state index contributed by atoms with van der Waals surface area (Å²) in [5, 5.41) is 6.13. The number of thiophene rings is 1. The molecular weight excluding hydrogens is 390 g/mol. The maximum absolute atomic E-state index is 13.0. The van der Waals surface area contributed by atoms with E-state index in [1.54, 1.807) is 11.6 Å². The van der Waals surface area contributed by atoms with Crippen LogP contribution in [0.5, 0.6) is 0 Å². The van der Waals surface area contributed by atoms with E-state index >= 15 is 0 Å².